The van der Waals surface area contributed by atoms with Crippen molar-refractivity contribution in [1.82, 2.24) is 25.8 Å². The molecule has 2 aromatic rings. The van der Waals surface area contributed by atoms with Gasteiger partial charge in [0.15, 0.2) is 15.5 Å². The predicted molar refractivity (Wildman–Crippen MR) is 218 cm³/mol. The Hall–Kier alpha value is -4.93. The van der Waals surface area contributed by atoms with Gasteiger partial charge in [0.2, 0.25) is 11.8 Å². The van der Waals surface area contributed by atoms with Crippen LogP contribution in [0.1, 0.15) is 95.5 Å². The van der Waals surface area contributed by atoms with E-state index < -0.39 is 74.1 Å². The molecule has 3 fully saturated rings. The SMILES string of the molecule is COC(=O)c1cc(O[C@@H]2C[C@H]3C(=O)N[C@H](C(=O)OC)C/C=C\CCC4CC4[C@H](NC(=O)NC4(CS(=O)(=O)C(C)(C)C)CCCCC4)C(=O)N3C2)c2ccc(OC)cc2n1. The van der Waals surface area contributed by atoms with Crippen LogP contribution in [0.5, 0.6) is 11.5 Å². The van der Waals surface area contributed by atoms with Crippen molar-refractivity contribution in [3.05, 3.63) is 42.1 Å². The first kappa shape index (κ1) is 43.6. The molecule has 2 saturated carbocycles. The maximum Gasteiger partial charge on any atom is 0.356 e. The fourth-order valence-corrected chi connectivity index (χ4v) is 10.0. The molecule has 6 atom stereocenters. The molecule has 0 spiro atoms. The van der Waals surface area contributed by atoms with Crippen molar-refractivity contribution in [1.29, 1.82) is 0 Å². The van der Waals surface area contributed by atoms with Crippen molar-refractivity contribution in [2.45, 2.75) is 119 Å². The van der Waals surface area contributed by atoms with Gasteiger partial charge < -0.3 is 39.8 Å². The van der Waals surface area contributed by atoms with E-state index in [9.17, 15) is 32.4 Å². The zero-order chi connectivity index (χ0) is 42.7. The first-order valence-corrected chi connectivity index (χ1v) is 22.0. The Morgan fingerprint density at radius 2 is 1.75 bits per heavy atom. The number of pyridine rings is 1. The molecule has 1 aromatic carbocycles. The van der Waals surface area contributed by atoms with Gasteiger partial charge in [-0.25, -0.2) is 27.8 Å². The third-order valence-corrected chi connectivity index (χ3v) is 14.9. The molecule has 1 aromatic heterocycles. The third-order valence-electron chi connectivity index (χ3n) is 12.1. The first-order chi connectivity index (χ1) is 28.0. The lowest BCUT2D eigenvalue weighted by Crippen LogP contribution is -2.62. The van der Waals surface area contributed by atoms with Gasteiger partial charge in [0.05, 0.1) is 49.4 Å². The number of methoxy groups -OCH3 is 3. The number of allylic oxidation sites excluding steroid dienone is 1. The lowest BCUT2D eigenvalue weighted by molar-refractivity contribution is -0.146. The molecule has 2 aliphatic carbocycles. The maximum atomic E-state index is 14.9. The number of nitrogens with zero attached hydrogens (tertiary/aromatic N) is 2. The molecule has 2 aliphatic heterocycles. The number of ether oxygens (including phenoxy) is 4. The number of carbonyl (C=O) groups excluding carboxylic acids is 5. The van der Waals surface area contributed by atoms with Crippen molar-refractivity contribution in [2.75, 3.05) is 33.6 Å². The normalized spacial score (nSPS) is 26.6. The Morgan fingerprint density at radius 1 is 1.00 bits per heavy atom. The summed E-state index contributed by atoms with van der Waals surface area (Å²) < 4.78 is 47.8. The van der Waals surface area contributed by atoms with E-state index in [1.165, 1.54) is 32.3 Å². The van der Waals surface area contributed by atoms with Crippen molar-refractivity contribution in [3.63, 3.8) is 0 Å². The average Bonchev–Trinajstić information content (AvgIpc) is 3.84. The van der Waals surface area contributed by atoms with E-state index in [0.717, 1.165) is 25.7 Å². The zero-order valence-corrected chi connectivity index (χ0v) is 35.5. The highest BCUT2D eigenvalue weighted by Crippen LogP contribution is 2.46. The maximum absolute atomic E-state index is 14.9. The molecule has 3 N–H and O–H groups in total. The fourth-order valence-electron chi connectivity index (χ4n) is 8.52. The number of amides is 4. The molecule has 17 heteroatoms. The largest absolute Gasteiger partial charge is 0.497 e. The third kappa shape index (κ3) is 9.93. The zero-order valence-electron chi connectivity index (χ0n) is 34.7. The summed E-state index contributed by atoms with van der Waals surface area (Å²) in [6.45, 7) is 4.87. The number of aromatic nitrogens is 1. The molecular formula is C42H57N5O11S. The Bertz CT molecular complexity index is 2080. The Balaban J connectivity index is 1.33. The molecule has 4 aliphatic rings. The molecule has 16 nitrogen and oxygen atoms in total. The van der Waals surface area contributed by atoms with E-state index in [0.29, 0.717) is 42.3 Å². The van der Waals surface area contributed by atoms with Gasteiger partial charge in [0.1, 0.15) is 35.7 Å². The van der Waals surface area contributed by atoms with Gasteiger partial charge in [-0.15, -0.1) is 0 Å². The molecular weight excluding hydrogens is 783 g/mol. The number of hydrogen-bond donors (Lipinski definition) is 3. The number of benzene rings is 1. The van der Waals surface area contributed by atoms with Crippen molar-refractivity contribution < 1.29 is 51.3 Å². The number of fused-ring (bicyclic) bond motifs is 3. The van der Waals surface area contributed by atoms with Gasteiger partial charge in [-0.3, -0.25) is 9.59 Å². The number of hydrogen-bond acceptors (Lipinski definition) is 12. The van der Waals surface area contributed by atoms with Crippen molar-refractivity contribution in [3.8, 4) is 11.5 Å². The van der Waals surface area contributed by atoms with Crippen LogP contribution >= 0.6 is 0 Å². The fraction of sp³-hybridized carbons (Fsp3) is 0.619. The Morgan fingerprint density at radius 3 is 2.42 bits per heavy atom. The summed E-state index contributed by atoms with van der Waals surface area (Å²) in [5, 5.41) is 9.32. The molecule has 59 heavy (non-hydrogen) atoms. The lowest BCUT2D eigenvalue weighted by Gasteiger charge is -2.40. The van der Waals surface area contributed by atoms with Gasteiger partial charge in [-0.05, 0) is 83.3 Å². The second-order valence-corrected chi connectivity index (χ2v) is 19.9. The van der Waals surface area contributed by atoms with Crippen LogP contribution in [-0.4, -0.2) is 116 Å². The second kappa shape index (κ2) is 17.7. The predicted octanol–water partition coefficient (Wildman–Crippen LogP) is 4.00. The number of sulfone groups is 1. The van der Waals surface area contributed by atoms with Crippen LogP contribution in [-0.2, 0) is 33.7 Å². The highest BCUT2D eigenvalue weighted by atomic mass is 32.2. The van der Waals surface area contributed by atoms with Crippen LogP contribution in [0, 0.1) is 11.8 Å². The number of urea groups is 1. The summed E-state index contributed by atoms with van der Waals surface area (Å²) in [4.78, 5) is 74.6. The van der Waals surface area contributed by atoms with Crippen LogP contribution in [0.4, 0.5) is 4.79 Å². The molecule has 322 valence electrons. The summed E-state index contributed by atoms with van der Waals surface area (Å²) >= 11 is 0. The molecule has 2 unspecified atom stereocenters. The lowest BCUT2D eigenvalue weighted by atomic mass is 9.83. The number of carbonyl (C=O) groups is 5. The van der Waals surface area contributed by atoms with E-state index in [-0.39, 0.29) is 48.4 Å². The number of esters is 2. The Kier molecular flexibility index (Phi) is 13.1. The number of rotatable bonds is 9. The molecule has 4 amide bonds. The quantitative estimate of drug-likeness (QED) is 0.242. The number of nitrogens with one attached hydrogen (secondary N) is 3. The topological polar surface area (TPSA) is 209 Å². The summed E-state index contributed by atoms with van der Waals surface area (Å²) in [6, 6.07) is 2.71. The summed E-state index contributed by atoms with van der Waals surface area (Å²) in [7, 11) is 0.356. The van der Waals surface area contributed by atoms with Gasteiger partial charge in [0, 0.05) is 23.9 Å². The molecule has 1 saturated heterocycles. The minimum absolute atomic E-state index is 0.00954. The van der Waals surface area contributed by atoms with Crippen LogP contribution < -0.4 is 25.4 Å². The van der Waals surface area contributed by atoms with E-state index in [2.05, 4.69) is 20.9 Å². The smallest absolute Gasteiger partial charge is 0.356 e. The van der Waals surface area contributed by atoms with Crippen molar-refractivity contribution >= 4 is 50.5 Å². The minimum Gasteiger partial charge on any atom is -0.497 e. The standard InChI is InChI=1S/C42H57N5O11S/c1-41(2,3)59(53,54)24-42(17-11-8-12-18-42)46-40(52)45-35-29-19-25(29)13-9-7-10-14-30(38(50)56-5)44-36(48)33-21-27(23-47(33)37(35)49)58-34-22-32(39(51)57-6)43-31-20-26(55-4)15-16-28(31)34/h7,10,15-16,20,22,25,27,29-30,33,35H,8-9,11-14,17-19,21,23-24H2,1-6H3,(H,44,48)(H2,45,46,52)/b10-7-/t25?,27-,29?,30+,33+,35+/m1/s1. The molecule has 6 rings (SSSR count). The first-order valence-electron chi connectivity index (χ1n) is 20.4. The van der Waals surface area contributed by atoms with E-state index in [4.69, 9.17) is 18.9 Å². The second-order valence-electron chi connectivity index (χ2n) is 17.2. The molecule has 0 radical (unpaired) electrons. The van der Waals surface area contributed by atoms with E-state index >= 15 is 0 Å². The van der Waals surface area contributed by atoms with Gasteiger partial charge >= 0.3 is 18.0 Å². The van der Waals surface area contributed by atoms with E-state index in [1.807, 2.05) is 12.2 Å². The van der Waals surface area contributed by atoms with E-state index in [1.54, 1.807) is 39.0 Å². The highest BCUT2D eigenvalue weighted by Gasteiger charge is 2.52. The molecule has 3 heterocycles. The van der Waals surface area contributed by atoms with Gasteiger partial charge in [-0.2, -0.15) is 0 Å². The summed E-state index contributed by atoms with van der Waals surface area (Å²) in [5.41, 5.74) is -0.641. The molecule has 0 bridgehead atoms. The van der Waals surface area contributed by atoms with Crippen LogP contribution in [0.25, 0.3) is 10.9 Å². The van der Waals surface area contributed by atoms with Crippen LogP contribution in [0.15, 0.2) is 36.4 Å². The highest BCUT2D eigenvalue weighted by molar-refractivity contribution is 7.92. The summed E-state index contributed by atoms with van der Waals surface area (Å²) in [6.07, 6.45) is 8.62. The monoisotopic (exact) mass is 839 g/mol. The van der Waals surface area contributed by atoms with Gasteiger partial charge in [0.25, 0.3) is 0 Å². The van der Waals surface area contributed by atoms with Crippen molar-refractivity contribution in [2.24, 2.45) is 11.8 Å². The van der Waals surface area contributed by atoms with Crippen LogP contribution in [0.2, 0.25) is 0 Å². The Labute approximate surface area is 345 Å². The minimum atomic E-state index is -3.62. The van der Waals surface area contributed by atoms with Gasteiger partial charge in [-0.1, -0.05) is 31.4 Å². The summed E-state index contributed by atoms with van der Waals surface area (Å²) in [5.74, 6) is -2.05. The van der Waals surface area contributed by atoms with Crippen LogP contribution in [0.3, 0.4) is 0 Å². The average molecular weight is 840 g/mol.